The van der Waals surface area contributed by atoms with E-state index in [9.17, 15) is 12.8 Å². The SMILES string of the molecule is COc1cc(S(C)(=O)=O)c(F)cc1CN. The van der Waals surface area contributed by atoms with Gasteiger partial charge in [0.1, 0.15) is 16.5 Å². The molecule has 1 rings (SSSR count). The van der Waals surface area contributed by atoms with Crippen LogP contribution >= 0.6 is 0 Å². The normalized spacial score (nSPS) is 11.5. The molecule has 0 spiro atoms. The van der Waals surface area contributed by atoms with Crippen molar-refractivity contribution in [1.82, 2.24) is 0 Å². The van der Waals surface area contributed by atoms with E-state index in [2.05, 4.69) is 0 Å². The summed E-state index contributed by atoms with van der Waals surface area (Å²) in [5, 5.41) is 0. The van der Waals surface area contributed by atoms with Gasteiger partial charge < -0.3 is 10.5 Å². The van der Waals surface area contributed by atoms with Gasteiger partial charge in [0.05, 0.1) is 7.11 Å². The van der Waals surface area contributed by atoms with Crippen molar-refractivity contribution in [2.45, 2.75) is 11.4 Å². The fourth-order valence-corrected chi connectivity index (χ4v) is 1.94. The van der Waals surface area contributed by atoms with Crippen LogP contribution in [0.25, 0.3) is 0 Å². The molecule has 1 aromatic rings. The lowest BCUT2D eigenvalue weighted by atomic mass is 10.2. The number of benzene rings is 1. The number of ether oxygens (including phenoxy) is 1. The fourth-order valence-electron chi connectivity index (χ4n) is 1.21. The lowest BCUT2D eigenvalue weighted by Gasteiger charge is -2.09. The van der Waals surface area contributed by atoms with Crippen LogP contribution in [-0.4, -0.2) is 21.8 Å². The Morgan fingerprint density at radius 3 is 2.47 bits per heavy atom. The van der Waals surface area contributed by atoms with E-state index in [-0.39, 0.29) is 17.2 Å². The number of sulfone groups is 1. The second-order valence-corrected chi connectivity index (χ2v) is 5.05. The lowest BCUT2D eigenvalue weighted by molar-refractivity contribution is 0.406. The van der Waals surface area contributed by atoms with Gasteiger partial charge in [-0.25, -0.2) is 12.8 Å². The molecule has 0 saturated carbocycles. The molecule has 0 unspecified atom stereocenters. The van der Waals surface area contributed by atoms with Crippen molar-refractivity contribution in [1.29, 1.82) is 0 Å². The first-order chi connectivity index (χ1) is 6.90. The molecule has 0 saturated heterocycles. The predicted molar refractivity (Wildman–Crippen MR) is 54.0 cm³/mol. The molecular weight excluding hydrogens is 221 g/mol. The first kappa shape index (κ1) is 11.9. The van der Waals surface area contributed by atoms with Gasteiger partial charge in [-0.15, -0.1) is 0 Å². The van der Waals surface area contributed by atoms with Crippen molar-refractivity contribution < 1.29 is 17.5 Å². The van der Waals surface area contributed by atoms with E-state index in [1.807, 2.05) is 0 Å². The molecule has 0 aliphatic heterocycles. The van der Waals surface area contributed by atoms with Crippen LogP contribution in [0.5, 0.6) is 5.75 Å². The van der Waals surface area contributed by atoms with Gasteiger partial charge in [0.25, 0.3) is 0 Å². The van der Waals surface area contributed by atoms with Crippen LogP contribution in [0.3, 0.4) is 0 Å². The Morgan fingerprint density at radius 2 is 2.07 bits per heavy atom. The van der Waals surface area contributed by atoms with Gasteiger partial charge in [0, 0.05) is 24.4 Å². The molecule has 0 fully saturated rings. The highest BCUT2D eigenvalue weighted by molar-refractivity contribution is 7.90. The number of halogens is 1. The summed E-state index contributed by atoms with van der Waals surface area (Å²) in [6, 6.07) is 2.22. The molecule has 2 N–H and O–H groups in total. The molecule has 15 heavy (non-hydrogen) atoms. The Labute approximate surface area is 87.8 Å². The summed E-state index contributed by atoms with van der Waals surface area (Å²) in [6.45, 7) is 0.0874. The van der Waals surface area contributed by atoms with Crippen LogP contribution in [0, 0.1) is 5.82 Å². The predicted octanol–water partition coefficient (Wildman–Crippen LogP) is 0.697. The maximum atomic E-state index is 13.4. The van der Waals surface area contributed by atoms with Crippen molar-refractivity contribution in [3.05, 3.63) is 23.5 Å². The molecule has 0 aliphatic rings. The van der Waals surface area contributed by atoms with Gasteiger partial charge in [-0.2, -0.15) is 0 Å². The van der Waals surface area contributed by atoms with Crippen molar-refractivity contribution in [2.75, 3.05) is 13.4 Å². The third-order valence-electron chi connectivity index (χ3n) is 1.95. The van der Waals surface area contributed by atoms with E-state index < -0.39 is 15.7 Å². The summed E-state index contributed by atoms with van der Waals surface area (Å²) < 4.78 is 40.7. The number of hydrogen-bond donors (Lipinski definition) is 1. The summed E-state index contributed by atoms with van der Waals surface area (Å²) in [5.74, 6) is -0.530. The van der Waals surface area contributed by atoms with Crippen LogP contribution in [0.15, 0.2) is 17.0 Å². The minimum Gasteiger partial charge on any atom is -0.496 e. The van der Waals surface area contributed by atoms with Crippen molar-refractivity contribution >= 4 is 9.84 Å². The number of hydrogen-bond acceptors (Lipinski definition) is 4. The van der Waals surface area contributed by atoms with Gasteiger partial charge in [0.2, 0.25) is 0 Å². The van der Waals surface area contributed by atoms with Crippen molar-refractivity contribution in [3.8, 4) is 5.75 Å². The van der Waals surface area contributed by atoms with E-state index in [1.54, 1.807) is 0 Å². The molecule has 0 bridgehead atoms. The molecule has 4 nitrogen and oxygen atoms in total. The summed E-state index contributed by atoms with van der Waals surface area (Å²) in [4.78, 5) is -0.378. The first-order valence-corrected chi connectivity index (χ1v) is 6.05. The number of rotatable bonds is 3. The topological polar surface area (TPSA) is 69.4 Å². The minimum atomic E-state index is -3.59. The molecule has 0 radical (unpaired) electrons. The van der Waals surface area contributed by atoms with E-state index in [0.717, 1.165) is 18.4 Å². The fraction of sp³-hybridized carbons (Fsp3) is 0.333. The molecule has 1 aromatic carbocycles. The summed E-state index contributed by atoms with van der Waals surface area (Å²) >= 11 is 0. The zero-order valence-corrected chi connectivity index (χ0v) is 9.27. The monoisotopic (exact) mass is 233 g/mol. The third-order valence-corrected chi connectivity index (χ3v) is 3.07. The summed E-state index contributed by atoms with van der Waals surface area (Å²) in [5.41, 5.74) is 5.79. The Bertz CT molecular complexity index is 470. The molecule has 0 aliphatic carbocycles. The maximum Gasteiger partial charge on any atom is 0.178 e. The zero-order chi connectivity index (χ0) is 11.6. The van der Waals surface area contributed by atoms with Gasteiger partial charge in [0.15, 0.2) is 9.84 Å². The molecule has 6 heteroatoms. The summed E-state index contributed by atoms with van der Waals surface area (Å²) in [7, 11) is -2.21. The second-order valence-electron chi connectivity index (χ2n) is 3.07. The molecular formula is C9H12FNO3S. The lowest BCUT2D eigenvalue weighted by Crippen LogP contribution is -2.06. The summed E-state index contributed by atoms with van der Waals surface area (Å²) in [6.07, 6.45) is 0.937. The van der Waals surface area contributed by atoms with Crippen LogP contribution in [-0.2, 0) is 16.4 Å². The molecule has 0 amide bonds. The van der Waals surface area contributed by atoms with E-state index in [4.69, 9.17) is 10.5 Å². The first-order valence-electron chi connectivity index (χ1n) is 4.16. The largest absolute Gasteiger partial charge is 0.496 e. The van der Waals surface area contributed by atoms with Gasteiger partial charge in [-0.05, 0) is 6.07 Å². The van der Waals surface area contributed by atoms with E-state index in [0.29, 0.717) is 5.56 Å². The van der Waals surface area contributed by atoms with Crippen molar-refractivity contribution in [3.63, 3.8) is 0 Å². The Kier molecular flexibility index (Phi) is 3.31. The highest BCUT2D eigenvalue weighted by atomic mass is 32.2. The van der Waals surface area contributed by atoms with Gasteiger partial charge >= 0.3 is 0 Å². The average molecular weight is 233 g/mol. The van der Waals surface area contributed by atoms with Crippen LogP contribution < -0.4 is 10.5 Å². The highest BCUT2D eigenvalue weighted by Crippen LogP contribution is 2.25. The van der Waals surface area contributed by atoms with Gasteiger partial charge in [-0.1, -0.05) is 0 Å². The van der Waals surface area contributed by atoms with Gasteiger partial charge in [-0.3, -0.25) is 0 Å². The van der Waals surface area contributed by atoms with E-state index in [1.165, 1.54) is 7.11 Å². The maximum absolute atomic E-state index is 13.4. The quantitative estimate of drug-likeness (QED) is 0.834. The number of methoxy groups -OCH3 is 1. The Morgan fingerprint density at radius 1 is 1.47 bits per heavy atom. The Balaban J connectivity index is 3.46. The third kappa shape index (κ3) is 2.45. The molecule has 0 aromatic heterocycles. The van der Waals surface area contributed by atoms with Crippen molar-refractivity contribution in [2.24, 2.45) is 5.73 Å². The highest BCUT2D eigenvalue weighted by Gasteiger charge is 2.17. The minimum absolute atomic E-state index is 0.0874. The standard InChI is InChI=1S/C9H12FNO3S/c1-14-8-4-9(15(2,12)13)7(10)3-6(8)5-11/h3-4H,5,11H2,1-2H3. The second kappa shape index (κ2) is 4.16. The van der Waals surface area contributed by atoms with Crippen LogP contribution in [0.1, 0.15) is 5.56 Å². The molecule has 0 atom stereocenters. The average Bonchev–Trinajstić information content (AvgIpc) is 2.15. The smallest absolute Gasteiger partial charge is 0.178 e. The zero-order valence-electron chi connectivity index (χ0n) is 8.45. The van der Waals surface area contributed by atoms with E-state index >= 15 is 0 Å². The molecule has 0 heterocycles. The Hall–Kier alpha value is -1.14. The van der Waals surface area contributed by atoms with Crippen LogP contribution in [0.2, 0.25) is 0 Å². The van der Waals surface area contributed by atoms with Crippen LogP contribution in [0.4, 0.5) is 4.39 Å². The number of nitrogens with two attached hydrogens (primary N) is 1. The molecule has 84 valence electrons.